The van der Waals surface area contributed by atoms with E-state index in [9.17, 15) is 0 Å². The van der Waals surface area contributed by atoms with Gasteiger partial charge in [0, 0.05) is 23.5 Å². The number of hydrogen-bond acceptors (Lipinski definition) is 2. The summed E-state index contributed by atoms with van der Waals surface area (Å²) in [7, 11) is 0. The lowest BCUT2D eigenvalue weighted by Gasteiger charge is -2.32. The van der Waals surface area contributed by atoms with Crippen LogP contribution < -0.4 is 10.2 Å². The minimum absolute atomic E-state index is 0.204. The van der Waals surface area contributed by atoms with Crippen LogP contribution in [0.1, 0.15) is 17.5 Å². The molecule has 4 aromatic carbocycles. The van der Waals surface area contributed by atoms with Gasteiger partial charge in [-0.25, -0.2) is 0 Å². The van der Waals surface area contributed by atoms with E-state index in [2.05, 4.69) is 144 Å². The highest BCUT2D eigenvalue weighted by Gasteiger charge is 2.43. The van der Waals surface area contributed by atoms with Gasteiger partial charge < -0.3 is 10.2 Å². The number of rotatable bonds is 9. The second kappa shape index (κ2) is 10.3. The summed E-state index contributed by atoms with van der Waals surface area (Å²) in [5.41, 5.74) is 5.05. The minimum atomic E-state index is 0.204. The largest absolute Gasteiger partial charge is 0.333 e. The van der Waals surface area contributed by atoms with Crippen molar-refractivity contribution < 1.29 is 0 Å². The number of para-hydroxylation sites is 2. The van der Waals surface area contributed by atoms with E-state index in [1.165, 1.54) is 22.5 Å². The second-order valence-electron chi connectivity index (χ2n) is 8.62. The number of aryl methyl sites for hydroxylation is 1. The lowest BCUT2D eigenvalue weighted by atomic mass is 10.0. The lowest BCUT2D eigenvalue weighted by molar-refractivity contribution is 0.709. The molecule has 2 heteroatoms. The molecule has 1 fully saturated rings. The van der Waals surface area contributed by atoms with E-state index in [1.54, 1.807) is 0 Å². The zero-order valence-corrected chi connectivity index (χ0v) is 18.8. The number of hydrogen-bond donors (Lipinski definition) is 1. The molecule has 4 aromatic rings. The van der Waals surface area contributed by atoms with Crippen LogP contribution in [0.2, 0.25) is 0 Å². The fourth-order valence-electron chi connectivity index (χ4n) is 4.57. The zero-order chi connectivity index (χ0) is 22.3. The first kappa shape index (κ1) is 21.2. The van der Waals surface area contributed by atoms with Gasteiger partial charge in [0.1, 0.15) is 0 Å². The van der Waals surface area contributed by atoms with E-state index >= 15 is 0 Å². The van der Waals surface area contributed by atoms with Gasteiger partial charge in [0.05, 0.1) is 6.04 Å². The molecule has 164 valence electrons. The first-order chi connectivity index (χ1) is 16.4. The first-order valence-electron chi connectivity index (χ1n) is 11.8. The van der Waals surface area contributed by atoms with Crippen molar-refractivity contribution in [2.45, 2.75) is 31.0 Å². The SMILES string of the molecule is C(=C\C(C1NC1CCc1ccccc1)N(c1ccccc1)c1ccccc1)/c1ccccc1. The zero-order valence-electron chi connectivity index (χ0n) is 18.8. The Hall–Kier alpha value is -3.62. The highest BCUT2D eigenvalue weighted by molar-refractivity contribution is 5.67. The molecule has 1 heterocycles. The van der Waals surface area contributed by atoms with Gasteiger partial charge in [0.15, 0.2) is 0 Å². The summed E-state index contributed by atoms with van der Waals surface area (Å²) >= 11 is 0. The number of nitrogens with zero attached hydrogens (tertiary/aromatic N) is 1. The van der Waals surface area contributed by atoms with Crippen molar-refractivity contribution in [1.82, 2.24) is 5.32 Å². The summed E-state index contributed by atoms with van der Waals surface area (Å²) < 4.78 is 0. The first-order valence-corrected chi connectivity index (χ1v) is 11.8. The van der Waals surface area contributed by atoms with Crippen LogP contribution in [0.3, 0.4) is 0 Å². The standard InChI is InChI=1S/C31H30N2/c1-5-13-25(14-6-1)21-23-29-31(32-29)30(24-22-26-15-7-2-8-16-26)33(27-17-9-3-10-18-27)28-19-11-4-12-20-28/h1-20,22,24,29-32H,21,23H2/b24-22+. The van der Waals surface area contributed by atoms with Crippen LogP contribution in [0.4, 0.5) is 11.4 Å². The third-order valence-corrected chi connectivity index (χ3v) is 6.34. The molecular weight excluding hydrogens is 400 g/mol. The van der Waals surface area contributed by atoms with Crippen LogP contribution >= 0.6 is 0 Å². The Balaban J connectivity index is 1.44. The average Bonchev–Trinajstić information content (AvgIpc) is 3.67. The summed E-state index contributed by atoms with van der Waals surface area (Å²) in [6, 6.07) is 44.0. The highest BCUT2D eigenvalue weighted by atomic mass is 15.3. The molecule has 5 rings (SSSR count). The van der Waals surface area contributed by atoms with Gasteiger partial charge in [-0.15, -0.1) is 0 Å². The maximum Gasteiger partial charge on any atom is 0.0694 e. The van der Waals surface area contributed by atoms with Gasteiger partial charge in [-0.3, -0.25) is 0 Å². The normalized spacial score (nSPS) is 18.2. The third-order valence-electron chi connectivity index (χ3n) is 6.34. The second-order valence-corrected chi connectivity index (χ2v) is 8.62. The summed E-state index contributed by atoms with van der Waals surface area (Å²) in [6.45, 7) is 0. The monoisotopic (exact) mass is 430 g/mol. The van der Waals surface area contributed by atoms with E-state index in [1.807, 2.05) is 0 Å². The average molecular weight is 431 g/mol. The summed E-state index contributed by atoms with van der Waals surface area (Å²) in [4.78, 5) is 2.47. The predicted molar refractivity (Wildman–Crippen MR) is 140 cm³/mol. The molecule has 0 bridgehead atoms. The Labute approximate surface area is 197 Å². The molecule has 1 aliphatic rings. The Kier molecular flexibility index (Phi) is 6.65. The van der Waals surface area contributed by atoms with E-state index in [0.29, 0.717) is 12.1 Å². The van der Waals surface area contributed by atoms with Crippen LogP contribution in [-0.4, -0.2) is 18.1 Å². The molecule has 2 nitrogen and oxygen atoms in total. The van der Waals surface area contributed by atoms with Gasteiger partial charge in [0.25, 0.3) is 0 Å². The molecule has 3 atom stereocenters. The molecule has 33 heavy (non-hydrogen) atoms. The fraction of sp³-hybridized carbons (Fsp3) is 0.161. The van der Waals surface area contributed by atoms with E-state index in [0.717, 1.165) is 12.8 Å². The molecular formula is C31H30N2. The number of nitrogens with one attached hydrogen (secondary N) is 1. The van der Waals surface area contributed by atoms with Crippen molar-refractivity contribution in [3.63, 3.8) is 0 Å². The highest BCUT2D eigenvalue weighted by Crippen LogP contribution is 2.34. The van der Waals surface area contributed by atoms with Crippen LogP contribution in [0.25, 0.3) is 6.08 Å². The van der Waals surface area contributed by atoms with E-state index in [-0.39, 0.29) is 6.04 Å². The van der Waals surface area contributed by atoms with Crippen LogP contribution in [0.15, 0.2) is 127 Å². The molecule has 0 aromatic heterocycles. The third kappa shape index (κ3) is 5.42. The van der Waals surface area contributed by atoms with E-state index < -0.39 is 0 Å². The Bertz CT molecular complexity index is 1100. The molecule has 0 amide bonds. The molecule has 1 N–H and O–H groups in total. The van der Waals surface area contributed by atoms with Crippen molar-refractivity contribution in [2.75, 3.05) is 4.90 Å². The van der Waals surface area contributed by atoms with Crippen molar-refractivity contribution in [2.24, 2.45) is 0 Å². The molecule has 1 aliphatic heterocycles. The topological polar surface area (TPSA) is 25.2 Å². The quantitative estimate of drug-likeness (QED) is 0.293. The number of benzene rings is 4. The van der Waals surface area contributed by atoms with Crippen molar-refractivity contribution in [1.29, 1.82) is 0 Å². The molecule has 0 spiro atoms. The Morgan fingerprint density at radius 1 is 0.667 bits per heavy atom. The van der Waals surface area contributed by atoms with Crippen molar-refractivity contribution in [3.8, 4) is 0 Å². The molecule has 1 saturated heterocycles. The van der Waals surface area contributed by atoms with Gasteiger partial charge in [-0.05, 0) is 48.2 Å². The van der Waals surface area contributed by atoms with Crippen LogP contribution in [0.5, 0.6) is 0 Å². The van der Waals surface area contributed by atoms with Gasteiger partial charge in [-0.2, -0.15) is 0 Å². The molecule has 0 aliphatic carbocycles. The van der Waals surface area contributed by atoms with Crippen molar-refractivity contribution in [3.05, 3.63) is 139 Å². The molecule has 3 unspecified atom stereocenters. The van der Waals surface area contributed by atoms with Gasteiger partial charge in [0.2, 0.25) is 0 Å². The van der Waals surface area contributed by atoms with Crippen LogP contribution in [0, 0.1) is 0 Å². The van der Waals surface area contributed by atoms with E-state index in [4.69, 9.17) is 0 Å². The summed E-state index contributed by atoms with van der Waals surface area (Å²) in [5.74, 6) is 0. The van der Waals surface area contributed by atoms with Gasteiger partial charge >= 0.3 is 0 Å². The lowest BCUT2D eigenvalue weighted by Crippen LogP contribution is -2.36. The predicted octanol–water partition coefficient (Wildman–Crippen LogP) is 6.88. The van der Waals surface area contributed by atoms with Crippen molar-refractivity contribution >= 4 is 17.5 Å². The maximum absolute atomic E-state index is 3.80. The fourth-order valence-corrected chi connectivity index (χ4v) is 4.57. The smallest absolute Gasteiger partial charge is 0.0694 e. The minimum Gasteiger partial charge on any atom is -0.333 e. The van der Waals surface area contributed by atoms with Gasteiger partial charge in [-0.1, -0.05) is 109 Å². The number of anilines is 2. The summed E-state index contributed by atoms with van der Waals surface area (Å²) in [5, 5.41) is 3.80. The molecule has 0 saturated carbocycles. The Morgan fingerprint density at radius 2 is 1.18 bits per heavy atom. The van der Waals surface area contributed by atoms with Crippen LogP contribution in [-0.2, 0) is 6.42 Å². The Morgan fingerprint density at radius 3 is 1.76 bits per heavy atom. The summed E-state index contributed by atoms with van der Waals surface area (Å²) in [6.07, 6.45) is 6.87. The molecule has 0 radical (unpaired) electrons. The maximum atomic E-state index is 3.80.